The van der Waals surface area contributed by atoms with Gasteiger partial charge in [0, 0.05) is 50.1 Å². The first-order valence-corrected chi connectivity index (χ1v) is 2.14. The number of carbonyl (C=O) groups excluding carboxylic acids is 1. The van der Waals surface area contributed by atoms with Crippen LogP contribution in [0.4, 0.5) is 0 Å². The van der Waals surface area contributed by atoms with Gasteiger partial charge in [-0.3, -0.25) is 0 Å². The molecule has 1 radical (unpaired) electrons. The van der Waals surface area contributed by atoms with Gasteiger partial charge < -0.3 is 10.5 Å². The summed E-state index contributed by atoms with van der Waals surface area (Å²) >= 11 is 0. The fourth-order valence-corrected chi connectivity index (χ4v) is 0.236. The van der Waals surface area contributed by atoms with Crippen molar-refractivity contribution in [1.82, 2.24) is 0 Å². The van der Waals surface area contributed by atoms with Crippen LogP contribution in [-0.2, 0) is 9.53 Å². The maximum absolute atomic E-state index is 10.2. The first kappa shape index (κ1) is 12.2. The SMILES string of the molecule is COC(=O)/C=C(/C)[NH-].[Ac]. The van der Waals surface area contributed by atoms with Crippen molar-refractivity contribution >= 4 is 5.97 Å². The van der Waals surface area contributed by atoms with E-state index in [-0.39, 0.29) is 49.8 Å². The molecule has 0 aliphatic heterocycles. The van der Waals surface area contributed by atoms with Crippen LogP contribution in [0.3, 0.4) is 0 Å². The molecule has 0 aliphatic carbocycles. The maximum Gasteiger partial charge on any atom is 0.328 e. The molecule has 3 nitrogen and oxygen atoms in total. The van der Waals surface area contributed by atoms with Gasteiger partial charge in [0.05, 0.1) is 7.11 Å². The second-order valence-electron chi connectivity index (χ2n) is 1.35. The van der Waals surface area contributed by atoms with Gasteiger partial charge in [0.1, 0.15) is 0 Å². The molecule has 0 bridgehead atoms. The number of ether oxygens (including phenoxy) is 1. The number of esters is 1. The van der Waals surface area contributed by atoms with E-state index in [9.17, 15) is 4.79 Å². The van der Waals surface area contributed by atoms with Crippen molar-refractivity contribution in [2.75, 3.05) is 7.11 Å². The first-order chi connectivity index (χ1) is 3.66. The van der Waals surface area contributed by atoms with E-state index in [0.717, 1.165) is 6.08 Å². The zero-order chi connectivity index (χ0) is 6.57. The Morgan fingerprint density at radius 1 is 1.67 bits per heavy atom. The zero-order valence-electron chi connectivity index (χ0n) is 5.47. The van der Waals surface area contributed by atoms with Gasteiger partial charge in [-0.25, -0.2) is 4.79 Å². The van der Waals surface area contributed by atoms with Gasteiger partial charge in [-0.05, 0) is 0 Å². The summed E-state index contributed by atoms with van der Waals surface area (Å²) in [5, 5.41) is 0. The van der Waals surface area contributed by atoms with E-state index in [1.165, 1.54) is 14.0 Å². The molecule has 4 heteroatoms. The number of allylic oxidation sites excluding steroid dienone is 1. The first-order valence-electron chi connectivity index (χ1n) is 2.14. The van der Waals surface area contributed by atoms with E-state index in [0.29, 0.717) is 0 Å². The summed E-state index contributed by atoms with van der Waals surface area (Å²) in [6.07, 6.45) is 1.11. The Hall–Kier alpha value is 0.452. The third-order valence-corrected chi connectivity index (χ3v) is 0.536. The van der Waals surface area contributed by atoms with Crippen LogP contribution in [0.1, 0.15) is 6.92 Å². The standard InChI is InChI=1S/C5H9NO2.Ac/c1-4(6)3-5(7)8-2;/h3H,1-2H3,(H2,6,7);/p-1. The molecule has 1 N–H and O–H groups in total. The van der Waals surface area contributed by atoms with E-state index < -0.39 is 5.97 Å². The fourth-order valence-electron chi connectivity index (χ4n) is 0.236. The minimum atomic E-state index is -0.475. The second kappa shape index (κ2) is 6.57. The molecule has 0 rings (SSSR count). The normalized spacial score (nSPS) is 9.78. The molecule has 49 valence electrons. The average Bonchev–Trinajstić information content (AvgIpc) is 1.65. The number of carbonyl (C=O) groups is 1. The van der Waals surface area contributed by atoms with Crippen molar-refractivity contribution in [2.24, 2.45) is 0 Å². The molecule has 0 amide bonds. The molecule has 0 aromatic rings. The van der Waals surface area contributed by atoms with Crippen LogP contribution in [0.2, 0.25) is 0 Å². The van der Waals surface area contributed by atoms with Crippen molar-refractivity contribution in [3.63, 3.8) is 0 Å². The fraction of sp³-hybridized carbons (Fsp3) is 0.400. The van der Waals surface area contributed by atoms with E-state index >= 15 is 0 Å². The van der Waals surface area contributed by atoms with Gasteiger partial charge in [-0.15, -0.1) is 0 Å². The second-order valence-corrected chi connectivity index (χ2v) is 1.35. The quantitative estimate of drug-likeness (QED) is 0.530. The number of hydrogen-bond acceptors (Lipinski definition) is 2. The largest absolute Gasteiger partial charge is 0.702 e. The third-order valence-electron chi connectivity index (χ3n) is 0.536. The van der Waals surface area contributed by atoms with E-state index in [1.54, 1.807) is 0 Å². The third kappa shape index (κ3) is 8.45. The molecule has 0 aliphatic rings. The number of rotatable bonds is 1. The van der Waals surface area contributed by atoms with Crippen LogP contribution in [0, 0.1) is 44.1 Å². The number of hydrogen-bond donors (Lipinski definition) is 0. The Morgan fingerprint density at radius 2 is 2.11 bits per heavy atom. The summed E-state index contributed by atoms with van der Waals surface area (Å²) in [5.74, 6) is -0.475. The smallest absolute Gasteiger partial charge is 0.328 e. The van der Waals surface area contributed by atoms with Crippen molar-refractivity contribution < 1.29 is 53.6 Å². The van der Waals surface area contributed by atoms with Crippen LogP contribution >= 0.6 is 0 Å². The van der Waals surface area contributed by atoms with Crippen LogP contribution in [0.5, 0.6) is 0 Å². The van der Waals surface area contributed by atoms with Gasteiger partial charge >= 0.3 is 5.97 Å². The molecule has 0 atom stereocenters. The monoisotopic (exact) mass is 341 g/mol. The van der Waals surface area contributed by atoms with Crippen LogP contribution in [-0.4, -0.2) is 13.1 Å². The molecule has 0 unspecified atom stereocenters. The summed E-state index contributed by atoms with van der Waals surface area (Å²) in [6.45, 7) is 1.51. The summed E-state index contributed by atoms with van der Waals surface area (Å²) in [6, 6.07) is 0. The Balaban J connectivity index is 0. The maximum atomic E-state index is 10.2. The van der Waals surface area contributed by atoms with Crippen molar-refractivity contribution in [3.8, 4) is 0 Å². The van der Waals surface area contributed by atoms with Crippen LogP contribution < -0.4 is 0 Å². The molecule has 0 heterocycles. The summed E-state index contributed by atoms with van der Waals surface area (Å²) < 4.78 is 4.23. The molecule has 0 saturated heterocycles. The molecule has 0 saturated carbocycles. The Labute approximate surface area is 90.2 Å². The average molecular weight is 341 g/mol. The molecule has 0 fully saturated rings. The Kier molecular flexibility index (Phi) is 8.88. The molecular weight excluding hydrogens is 333 g/mol. The Bertz CT molecular complexity index is 118. The number of methoxy groups -OCH3 is 1. The van der Waals surface area contributed by atoms with Crippen molar-refractivity contribution in [3.05, 3.63) is 17.5 Å². The summed E-state index contributed by atoms with van der Waals surface area (Å²) in [4.78, 5) is 10.2. The van der Waals surface area contributed by atoms with Crippen LogP contribution in [0.25, 0.3) is 5.73 Å². The van der Waals surface area contributed by atoms with Gasteiger partial charge in [0.15, 0.2) is 0 Å². The summed E-state index contributed by atoms with van der Waals surface area (Å²) in [7, 11) is 1.28. The van der Waals surface area contributed by atoms with Gasteiger partial charge in [0.2, 0.25) is 0 Å². The van der Waals surface area contributed by atoms with E-state index in [2.05, 4.69) is 4.74 Å². The van der Waals surface area contributed by atoms with E-state index in [4.69, 9.17) is 5.73 Å². The molecule has 0 aromatic heterocycles. The van der Waals surface area contributed by atoms with Crippen molar-refractivity contribution in [2.45, 2.75) is 6.92 Å². The minimum Gasteiger partial charge on any atom is -0.702 e. The molecule has 0 spiro atoms. The zero-order valence-corrected chi connectivity index (χ0v) is 10.2. The van der Waals surface area contributed by atoms with Gasteiger partial charge in [-0.1, -0.05) is 6.92 Å². The molecular formula is C5H8AcNO2-. The minimum absolute atomic E-state index is 0. The number of nitrogens with one attached hydrogen (secondary N) is 1. The predicted molar refractivity (Wildman–Crippen MR) is 30.1 cm³/mol. The predicted octanol–water partition coefficient (Wildman–Crippen LogP) is 1.12. The van der Waals surface area contributed by atoms with Gasteiger partial charge in [-0.2, -0.15) is 5.70 Å². The molecule has 0 aromatic carbocycles. The summed E-state index contributed by atoms with van der Waals surface area (Å²) in [5.41, 5.74) is 6.98. The van der Waals surface area contributed by atoms with Crippen LogP contribution in [0.15, 0.2) is 11.8 Å². The van der Waals surface area contributed by atoms with E-state index in [1.807, 2.05) is 0 Å². The van der Waals surface area contributed by atoms with Crippen molar-refractivity contribution in [1.29, 1.82) is 0 Å². The molecule has 9 heavy (non-hydrogen) atoms. The Morgan fingerprint density at radius 3 is 2.22 bits per heavy atom. The topological polar surface area (TPSA) is 50.1 Å². The van der Waals surface area contributed by atoms with Gasteiger partial charge in [0.25, 0.3) is 0 Å².